The fourth-order valence-electron chi connectivity index (χ4n) is 3.89. The lowest BCUT2D eigenvalue weighted by Gasteiger charge is -2.22. The minimum Gasteiger partial charge on any atom is -0.478 e. The average molecular weight is 394 g/mol. The Balaban J connectivity index is 1.70. The number of aromatic amines is 2. The highest BCUT2D eigenvalue weighted by Gasteiger charge is 2.19. The summed E-state index contributed by atoms with van der Waals surface area (Å²) in [4.78, 5) is 45.3. The van der Waals surface area contributed by atoms with Crippen LogP contribution in [-0.4, -0.2) is 30.6 Å². The number of imidazole rings is 1. The molecule has 0 radical (unpaired) electrons. The van der Waals surface area contributed by atoms with Gasteiger partial charge in [-0.1, -0.05) is 43.5 Å². The van der Waals surface area contributed by atoms with Crippen molar-refractivity contribution in [2.45, 2.75) is 38.6 Å². The van der Waals surface area contributed by atoms with Crippen LogP contribution < -0.4 is 11.2 Å². The predicted octanol–water partition coefficient (Wildman–Crippen LogP) is 2.76. The van der Waals surface area contributed by atoms with Crippen LogP contribution in [0.4, 0.5) is 0 Å². The number of carbonyl (C=O) groups is 1. The number of aliphatic carboxylic acids is 1. The van der Waals surface area contributed by atoms with Gasteiger partial charge in [-0.05, 0) is 30.4 Å². The molecule has 1 aliphatic rings. The molecule has 3 N–H and O–H groups in total. The van der Waals surface area contributed by atoms with E-state index in [9.17, 15) is 14.4 Å². The van der Waals surface area contributed by atoms with Gasteiger partial charge in [0.05, 0.1) is 0 Å². The minimum absolute atomic E-state index is 0.283. The molecule has 1 aliphatic carbocycles. The van der Waals surface area contributed by atoms with E-state index in [-0.39, 0.29) is 5.52 Å². The number of aromatic nitrogens is 4. The van der Waals surface area contributed by atoms with Gasteiger partial charge >= 0.3 is 11.7 Å². The quantitative estimate of drug-likeness (QED) is 0.575. The number of hydrogen-bond donors (Lipinski definition) is 3. The van der Waals surface area contributed by atoms with Gasteiger partial charge in [-0.2, -0.15) is 0 Å². The van der Waals surface area contributed by atoms with E-state index in [1.165, 1.54) is 25.3 Å². The molecule has 150 valence electrons. The molecule has 29 heavy (non-hydrogen) atoms. The normalized spacial score (nSPS) is 15.3. The van der Waals surface area contributed by atoms with Crippen LogP contribution in [-0.2, 0) is 11.3 Å². The first kappa shape index (κ1) is 18.9. The van der Waals surface area contributed by atoms with E-state index < -0.39 is 17.2 Å². The second-order valence-electron chi connectivity index (χ2n) is 7.45. The second-order valence-corrected chi connectivity index (χ2v) is 7.45. The summed E-state index contributed by atoms with van der Waals surface area (Å²) >= 11 is 0. The van der Waals surface area contributed by atoms with Crippen LogP contribution in [0.2, 0.25) is 0 Å². The molecule has 0 atom stereocenters. The molecule has 1 fully saturated rings. The third kappa shape index (κ3) is 4.06. The van der Waals surface area contributed by atoms with Crippen LogP contribution in [0, 0.1) is 5.92 Å². The molecule has 4 rings (SSSR count). The standard InChI is InChI=1S/C21H22N4O4/c26-16(27)11-8-13-6-9-15(10-7-13)18-22-17-19(23-18)25(21(29)24-20(17)28)12-14-4-2-1-3-5-14/h6-11,14H,1-5,12H2,(H,22,23)(H,26,27)(H,24,28,29). The molecular formula is C21H22N4O4. The van der Waals surface area contributed by atoms with E-state index in [0.29, 0.717) is 23.9 Å². The Labute approximate surface area is 165 Å². The van der Waals surface area contributed by atoms with Crippen LogP contribution in [0.15, 0.2) is 39.9 Å². The predicted molar refractivity (Wildman–Crippen MR) is 110 cm³/mol. The highest BCUT2D eigenvalue weighted by atomic mass is 16.4. The Bertz CT molecular complexity index is 1180. The molecular weight excluding hydrogens is 372 g/mol. The first-order valence-electron chi connectivity index (χ1n) is 9.75. The molecule has 0 spiro atoms. The number of nitrogens with one attached hydrogen (secondary N) is 2. The van der Waals surface area contributed by atoms with Crippen LogP contribution in [0.5, 0.6) is 0 Å². The SMILES string of the molecule is O=C(O)C=Cc1ccc(-c2nc3c([nH]2)c(=O)[nH]c(=O)n3CC2CCCCC2)cc1. The van der Waals surface area contributed by atoms with Gasteiger partial charge in [0.25, 0.3) is 5.56 Å². The number of H-pyrrole nitrogens is 2. The molecule has 1 aromatic carbocycles. The summed E-state index contributed by atoms with van der Waals surface area (Å²) in [7, 11) is 0. The second kappa shape index (κ2) is 7.90. The maximum atomic E-state index is 12.4. The molecule has 0 aliphatic heterocycles. The largest absolute Gasteiger partial charge is 0.478 e. The molecule has 8 nitrogen and oxygen atoms in total. The van der Waals surface area contributed by atoms with Gasteiger partial charge in [-0.15, -0.1) is 0 Å². The zero-order valence-corrected chi connectivity index (χ0v) is 15.9. The molecule has 3 aromatic rings. The lowest BCUT2D eigenvalue weighted by molar-refractivity contribution is -0.131. The minimum atomic E-state index is -1.01. The van der Waals surface area contributed by atoms with Crippen LogP contribution in [0.25, 0.3) is 28.6 Å². The van der Waals surface area contributed by atoms with E-state index in [1.54, 1.807) is 28.8 Å². The van der Waals surface area contributed by atoms with Gasteiger partial charge < -0.3 is 10.1 Å². The summed E-state index contributed by atoms with van der Waals surface area (Å²) in [5, 5.41) is 8.72. The van der Waals surface area contributed by atoms with Crippen molar-refractivity contribution in [1.29, 1.82) is 0 Å². The number of fused-ring (bicyclic) bond motifs is 1. The van der Waals surface area contributed by atoms with Crippen molar-refractivity contribution in [3.8, 4) is 11.4 Å². The molecule has 8 heteroatoms. The molecule has 0 unspecified atom stereocenters. The van der Waals surface area contributed by atoms with E-state index in [4.69, 9.17) is 5.11 Å². The van der Waals surface area contributed by atoms with Crippen LogP contribution in [0.1, 0.15) is 37.7 Å². The van der Waals surface area contributed by atoms with Crippen molar-refractivity contribution in [2.24, 2.45) is 5.92 Å². The van der Waals surface area contributed by atoms with Crippen molar-refractivity contribution in [2.75, 3.05) is 0 Å². The fraction of sp³-hybridized carbons (Fsp3) is 0.333. The Kier molecular flexibility index (Phi) is 5.16. The smallest absolute Gasteiger partial charge is 0.330 e. The van der Waals surface area contributed by atoms with Crippen molar-refractivity contribution >= 4 is 23.2 Å². The van der Waals surface area contributed by atoms with Crippen molar-refractivity contribution < 1.29 is 9.90 Å². The Hall–Kier alpha value is -3.42. The summed E-state index contributed by atoms with van der Waals surface area (Å²) in [5.41, 5.74) is 1.22. The topological polar surface area (TPSA) is 121 Å². The average Bonchev–Trinajstić information content (AvgIpc) is 3.17. The van der Waals surface area contributed by atoms with Gasteiger partial charge in [0.1, 0.15) is 11.3 Å². The maximum Gasteiger partial charge on any atom is 0.330 e. The third-order valence-electron chi connectivity index (χ3n) is 5.40. The number of rotatable bonds is 5. The Morgan fingerprint density at radius 3 is 2.55 bits per heavy atom. The summed E-state index contributed by atoms with van der Waals surface area (Å²) in [6, 6.07) is 7.11. The molecule has 2 heterocycles. The van der Waals surface area contributed by atoms with E-state index in [0.717, 1.165) is 30.0 Å². The first-order valence-corrected chi connectivity index (χ1v) is 9.75. The van der Waals surface area contributed by atoms with Gasteiger partial charge in [-0.25, -0.2) is 14.6 Å². The lowest BCUT2D eigenvalue weighted by Crippen LogP contribution is -2.32. The fourth-order valence-corrected chi connectivity index (χ4v) is 3.89. The molecule has 1 saturated carbocycles. The summed E-state index contributed by atoms with van der Waals surface area (Å²) in [6.07, 6.45) is 8.29. The van der Waals surface area contributed by atoms with Crippen molar-refractivity contribution in [1.82, 2.24) is 19.5 Å². The van der Waals surface area contributed by atoms with Gasteiger partial charge in [0.15, 0.2) is 5.65 Å². The van der Waals surface area contributed by atoms with E-state index >= 15 is 0 Å². The number of carboxylic acids is 1. The Morgan fingerprint density at radius 2 is 1.86 bits per heavy atom. The zero-order valence-electron chi connectivity index (χ0n) is 15.9. The first-order chi connectivity index (χ1) is 14.0. The van der Waals surface area contributed by atoms with Gasteiger partial charge in [0, 0.05) is 18.2 Å². The number of benzene rings is 1. The highest BCUT2D eigenvalue weighted by Crippen LogP contribution is 2.26. The van der Waals surface area contributed by atoms with E-state index in [2.05, 4.69) is 15.0 Å². The Morgan fingerprint density at radius 1 is 1.14 bits per heavy atom. The van der Waals surface area contributed by atoms with Crippen molar-refractivity contribution in [3.63, 3.8) is 0 Å². The molecule has 0 bridgehead atoms. The monoisotopic (exact) mass is 394 g/mol. The molecule has 0 amide bonds. The zero-order chi connectivity index (χ0) is 20.4. The molecule has 0 saturated heterocycles. The third-order valence-corrected chi connectivity index (χ3v) is 5.40. The summed E-state index contributed by atoms with van der Waals surface area (Å²) in [6.45, 7) is 0.551. The van der Waals surface area contributed by atoms with Crippen LogP contribution >= 0.6 is 0 Å². The van der Waals surface area contributed by atoms with Gasteiger partial charge in [0.2, 0.25) is 0 Å². The highest BCUT2D eigenvalue weighted by molar-refractivity contribution is 5.85. The molecule has 2 aromatic heterocycles. The van der Waals surface area contributed by atoms with Gasteiger partial charge in [-0.3, -0.25) is 14.3 Å². The van der Waals surface area contributed by atoms with E-state index in [1.807, 2.05) is 0 Å². The van der Waals surface area contributed by atoms with Crippen molar-refractivity contribution in [3.05, 3.63) is 56.7 Å². The maximum absolute atomic E-state index is 12.4. The number of nitrogens with zero attached hydrogens (tertiary/aromatic N) is 2. The van der Waals surface area contributed by atoms with Crippen LogP contribution in [0.3, 0.4) is 0 Å². The summed E-state index contributed by atoms with van der Waals surface area (Å²) in [5.74, 6) is -0.111. The lowest BCUT2D eigenvalue weighted by atomic mass is 9.89. The number of carboxylic acid groups (broad SMARTS) is 1. The number of hydrogen-bond acceptors (Lipinski definition) is 4. The summed E-state index contributed by atoms with van der Waals surface area (Å²) < 4.78 is 1.57.